The minimum absolute atomic E-state index is 1.62. The first-order valence-electron chi connectivity index (χ1n) is 6.13. The maximum absolute atomic E-state index is 13.2. The van der Waals surface area contributed by atoms with Crippen LogP contribution in [0.5, 0.6) is 0 Å². The number of nitrogens with zero attached hydrogens (tertiary/aromatic N) is 1. The van der Waals surface area contributed by atoms with Gasteiger partial charge in [-0.05, 0) is 6.42 Å². The molecular weight excluding hydrogens is 429 g/mol. The van der Waals surface area contributed by atoms with E-state index in [1.54, 1.807) is 5.18 Å². The van der Waals surface area contributed by atoms with Crippen LogP contribution in [0.25, 0.3) is 0 Å². The molecule has 0 heterocycles. The fraction of sp³-hybridized carbons (Fsp3) is 0.900. The van der Waals surface area contributed by atoms with Crippen LogP contribution in [0.1, 0.15) is 12.8 Å². The molecule has 160 valence electrons. The summed E-state index contributed by atoms with van der Waals surface area (Å²) in [5, 5.41) is 9.86. The first kappa shape index (κ1) is 25.2. The standard InChI is InChI=1S/C10H6F13NO3/c11-5(12,2-1-3(24-27)4(25)26)6(13,14)7(15,16)8(17,18)9(19,20)10(21,22)23/h3H,1-2H2,(H,25,26). The van der Waals surface area contributed by atoms with Crippen molar-refractivity contribution in [1.29, 1.82) is 0 Å². The van der Waals surface area contributed by atoms with E-state index in [2.05, 4.69) is 0 Å². The molecule has 0 fully saturated rings. The van der Waals surface area contributed by atoms with Gasteiger partial charge in [-0.1, -0.05) is 5.18 Å². The van der Waals surface area contributed by atoms with Crippen LogP contribution in [-0.2, 0) is 4.79 Å². The number of halogens is 13. The van der Waals surface area contributed by atoms with Crippen molar-refractivity contribution in [1.82, 2.24) is 0 Å². The average Bonchev–Trinajstić information content (AvgIpc) is 2.45. The predicted molar refractivity (Wildman–Crippen MR) is 57.2 cm³/mol. The molecule has 4 nitrogen and oxygen atoms in total. The molecule has 0 saturated carbocycles. The molecular formula is C10H6F13NO3. The van der Waals surface area contributed by atoms with Gasteiger partial charge in [-0.25, -0.2) is 4.79 Å². The summed E-state index contributed by atoms with van der Waals surface area (Å²) in [7, 11) is 0. The molecule has 17 heteroatoms. The Morgan fingerprint density at radius 2 is 1.11 bits per heavy atom. The number of carbonyl (C=O) groups is 1. The van der Waals surface area contributed by atoms with Gasteiger partial charge in [0.1, 0.15) is 0 Å². The summed E-state index contributed by atoms with van der Waals surface area (Å²) < 4.78 is 165. The fourth-order valence-corrected chi connectivity index (χ4v) is 1.50. The van der Waals surface area contributed by atoms with Gasteiger partial charge in [0.15, 0.2) is 6.04 Å². The molecule has 0 saturated heterocycles. The van der Waals surface area contributed by atoms with E-state index in [-0.39, 0.29) is 0 Å². The normalized spacial score (nSPS) is 16.2. The van der Waals surface area contributed by atoms with Crippen molar-refractivity contribution in [2.45, 2.75) is 54.7 Å². The molecule has 0 aliphatic carbocycles. The van der Waals surface area contributed by atoms with E-state index < -0.39 is 60.6 Å². The number of alkyl halides is 13. The molecule has 0 aromatic heterocycles. The number of hydrogen-bond acceptors (Lipinski definition) is 3. The highest BCUT2D eigenvalue weighted by Gasteiger charge is 2.90. The second kappa shape index (κ2) is 6.96. The van der Waals surface area contributed by atoms with Crippen molar-refractivity contribution in [3.8, 4) is 0 Å². The third-order valence-corrected chi connectivity index (χ3v) is 3.14. The van der Waals surface area contributed by atoms with Crippen LogP contribution in [0.4, 0.5) is 57.1 Å². The minimum Gasteiger partial charge on any atom is -0.480 e. The third-order valence-electron chi connectivity index (χ3n) is 3.14. The Morgan fingerprint density at radius 3 is 1.41 bits per heavy atom. The lowest BCUT2D eigenvalue weighted by Gasteiger charge is -2.39. The average molecular weight is 435 g/mol. The number of carboxylic acids is 1. The van der Waals surface area contributed by atoms with Crippen molar-refractivity contribution in [3.63, 3.8) is 0 Å². The van der Waals surface area contributed by atoms with Crippen LogP contribution >= 0.6 is 0 Å². The zero-order valence-electron chi connectivity index (χ0n) is 12.1. The van der Waals surface area contributed by atoms with Crippen LogP contribution in [0.2, 0.25) is 0 Å². The number of aliphatic carboxylic acids is 1. The van der Waals surface area contributed by atoms with Crippen LogP contribution < -0.4 is 0 Å². The highest BCUT2D eigenvalue weighted by Crippen LogP contribution is 2.60. The maximum atomic E-state index is 13.2. The second-order valence-corrected chi connectivity index (χ2v) is 5.00. The lowest BCUT2D eigenvalue weighted by molar-refractivity contribution is -0.440. The van der Waals surface area contributed by atoms with Gasteiger partial charge < -0.3 is 5.11 Å². The van der Waals surface area contributed by atoms with Gasteiger partial charge in [0.2, 0.25) is 0 Å². The quantitative estimate of drug-likeness (QED) is 0.421. The summed E-state index contributed by atoms with van der Waals surface area (Å²) in [6.07, 6.45) is -12.2. The van der Waals surface area contributed by atoms with Crippen LogP contribution in [0.15, 0.2) is 5.18 Å². The number of nitroso groups, excluding NO2 is 1. The molecule has 0 aromatic rings. The highest BCUT2D eigenvalue weighted by molar-refractivity contribution is 5.73. The molecule has 0 radical (unpaired) electrons. The molecule has 0 bridgehead atoms. The molecule has 1 N–H and O–H groups in total. The van der Waals surface area contributed by atoms with Gasteiger partial charge in [0.05, 0.1) is 0 Å². The topological polar surface area (TPSA) is 66.7 Å². The van der Waals surface area contributed by atoms with E-state index in [9.17, 15) is 66.8 Å². The lowest BCUT2D eigenvalue weighted by Crippen LogP contribution is -2.70. The predicted octanol–water partition coefficient (Wildman–Crippen LogP) is 4.73. The molecule has 0 aliphatic rings. The first-order valence-corrected chi connectivity index (χ1v) is 6.13. The second-order valence-electron chi connectivity index (χ2n) is 5.00. The largest absolute Gasteiger partial charge is 0.480 e. The van der Waals surface area contributed by atoms with Gasteiger partial charge in [0.25, 0.3) is 0 Å². The van der Waals surface area contributed by atoms with Crippen molar-refractivity contribution in [2.75, 3.05) is 0 Å². The molecule has 0 spiro atoms. The summed E-state index contributed by atoms with van der Waals surface area (Å²) in [6, 6.07) is -2.74. The molecule has 27 heavy (non-hydrogen) atoms. The summed E-state index contributed by atoms with van der Waals surface area (Å²) >= 11 is 0. The van der Waals surface area contributed by atoms with Gasteiger partial charge in [0, 0.05) is 6.42 Å². The van der Waals surface area contributed by atoms with E-state index in [1.165, 1.54) is 0 Å². The Labute approximate surface area is 139 Å². The molecule has 0 aromatic carbocycles. The van der Waals surface area contributed by atoms with Gasteiger partial charge in [-0.3, -0.25) is 0 Å². The van der Waals surface area contributed by atoms with Crippen LogP contribution in [0, 0.1) is 4.91 Å². The van der Waals surface area contributed by atoms with Crippen LogP contribution in [0.3, 0.4) is 0 Å². The summed E-state index contributed by atoms with van der Waals surface area (Å²) in [5.41, 5.74) is 0. The van der Waals surface area contributed by atoms with E-state index in [1.807, 2.05) is 0 Å². The van der Waals surface area contributed by atoms with Crippen LogP contribution in [-0.4, -0.2) is 52.9 Å². The summed E-state index contributed by atoms with van der Waals surface area (Å²) in [6.45, 7) is 0. The van der Waals surface area contributed by atoms with Crippen molar-refractivity contribution >= 4 is 5.97 Å². The number of hydrogen-bond donors (Lipinski definition) is 1. The minimum atomic E-state index is -8.03. The monoisotopic (exact) mass is 435 g/mol. The van der Waals surface area contributed by atoms with Crippen molar-refractivity contribution in [2.24, 2.45) is 5.18 Å². The summed E-state index contributed by atoms with van der Waals surface area (Å²) in [5.74, 6) is -40.1. The SMILES string of the molecule is O=NC(CCC(F)(F)C(F)(F)C(F)(F)C(F)(F)C(F)(F)C(F)(F)F)C(=O)O. The Morgan fingerprint density at radius 1 is 0.741 bits per heavy atom. The van der Waals surface area contributed by atoms with E-state index in [0.29, 0.717) is 0 Å². The lowest BCUT2D eigenvalue weighted by atomic mass is 9.91. The van der Waals surface area contributed by atoms with Gasteiger partial charge in [-0.15, -0.1) is 4.91 Å². The van der Waals surface area contributed by atoms with E-state index in [0.717, 1.165) is 0 Å². The Kier molecular flexibility index (Phi) is 6.48. The van der Waals surface area contributed by atoms with Crippen molar-refractivity contribution < 1.29 is 67.0 Å². The Bertz CT molecular complexity index is 571. The van der Waals surface area contributed by atoms with E-state index >= 15 is 0 Å². The molecule has 0 amide bonds. The van der Waals surface area contributed by atoms with E-state index in [4.69, 9.17) is 5.11 Å². The van der Waals surface area contributed by atoms with Gasteiger partial charge >= 0.3 is 41.8 Å². The molecule has 0 rings (SSSR count). The number of carboxylic acid groups (broad SMARTS) is 1. The third kappa shape index (κ3) is 3.90. The molecule has 0 aliphatic heterocycles. The number of rotatable bonds is 9. The molecule has 1 atom stereocenters. The smallest absolute Gasteiger partial charge is 0.460 e. The van der Waals surface area contributed by atoms with Gasteiger partial charge in [-0.2, -0.15) is 57.1 Å². The zero-order valence-corrected chi connectivity index (χ0v) is 12.1. The Hall–Kier alpha value is -1.84. The zero-order chi connectivity index (χ0) is 22.3. The highest BCUT2D eigenvalue weighted by atomic mass is 19.4. The van der Waals surface area contributed by atoms with Crippen molar-refractivity contribution in [3.05, 3.63) is 4.91 Å². The summed E-state index contributed by atoms with van der Waals surface area (Å²) in [4.78, 5) is 20.2. The molecule has 1 unspecified atom stereocenters. The fourth-order valence-electron chi connectivity index (χ4n) is 1.50. The Balaban J connectivity index is 6.01. The first-order chi connectivity index (χ1) is 11.6. The maximum Gasteiger partial charge on any atom is 0.460 e.